The second kappa shape index (κ2) is 21.7. The first kappa shape index (κ1) is 44.4. The van der Waals surface area contributed by atoms with Crippen molar-refractivity contribution < 1.29 is 53.4 Å². The lowest BCUT2D eigenvalue weighted by Gasteiger charge is -2.28. The van der Waals surface area contributed by atoms with E-state index in [0.717, 1.165) is 0 Å². The number of hydrogen-bond donors (Lipinski definition) is 10. The number of nitrogens with two attached hydrogens (primary N) is 1. The summed E-state index contributed by atoms with van der Waals surface area (Å²) in [7, 11) is 1.30. The van der Waals surface area contributed by atoms with Crippen LogP contribution in [0.2, 0.25) is 0 Å². The summed E-state index contributed by atoms with van der Waals surface area (Å²) in [5.74, 6) is -7.19. The predicted molar refractivity (Wildman–Crippen MR) is 191 cm³/mol. The van der Waals surface area contributed by atoms with Gasteiger partial charge in [0.15, 0.2) is 0 Å². The second-order valence-corrected chi connectivity index (χ2v) is 12.9. The molecule has 298 valence electrons. The average Bonchev–Trinajstić information content (AvgIpc) is 3.64. The minimum absolute atomic E-state index is 0.0251. The second-order valence-electron chi connectivity index (χ2n) is 12.9. The maximum atomic E-state index is 13.1. The summed E-state index contributed by atoms with van der Waals surface area (Å²) in [6.45, 7) is 3.56. The summed E-state index contributed by atoms with van der Waals surface area (Å²) < 4.78 is 0. The number of carbonyl (C=O) groups is 9. The van der Waals surface area contributed by atoms with Crippen LogP contribution in [0.1, 0.15) is 52.0 Å². The molecule has 11 N–H and O–H groups in total. The van der Waals surface area contributed by atoms with Crippen molar-refractivity contribution >= 4 is 53.2 Å². The fourth-order valence-electron chi connectivity index (χ4n) is 5.31. The summed E-state index contributed by atoms with van der Waals surface area (Å²) in [5, 5.41) is 35.3. The molecule has 0 aromatic heterocycles. The van der Waals surface area contributed by atoms with E-state index in [1.807, 2.05) is 13.8 Å². The largest absolute Gasteiger partial charge is 0.508 e. The number of aliphatic carboxylic acids is 1. The molecule has 0 radical (unpaired) electrons. The number of rotatable bonds is 20. The van der Waals surface area contributed by atoms with Crippen LogP contribution in [-0.2, 0) is 49.6 Å². The molecule has 1 aliphatic heterocycles. The molecule has 2 rings (SSSR count). The summed E-state index contributed by atoms with van der Waals surface area (Å²) in [4.78, 5) is 114. The van der Waals surface area contributed by atoms with Crippen LogP contribution < -0.4 is 43.0 Å². The number of likely N-dealkylation sites (tertiary alicyclic amines) is 1. The number of nitrogens with zero attached hydrogens (tertiary/aromatic N) is 1. The number of aromatic hydroxyl groups is 1. The Morgan fingerprint density at radius 1 is 0.815 bits per heavy atom. The minimum Gasteiger partial charge on any atom is -0.508 e. The van der Waals surface area contributed by atoms with E-state index >= 15 is 0 Å². The van der Waals surface area contributed by atoms with Crippen molar-refractivity contribution in [1.82, 2.24) is 42.1 Å². The van der Waals surface area contributed by atoms with Gasteiger partial charge in [-0.1, -0.05) is 32.4 Å². The molecule has 20 nitrogen and oxygen atoms in total. The first-order valence-electron chi connectivity index (χ1n) is 17.5. The van der Waals surface area contributed by atoms with Gasteiger partial charge in [-0.3, -0.25) is 38.4 Å². The number of carbonyl (C=O) groups excluding carboxylic acids is 8. The third-order valence-electron chi connectivity index (χ3n) is 8.75. The third-order valence-corrected chi connectivity index (χ3v) is 8.75. The Kier molecular flexibility index (Phi) is 17.8. The topological polar surface area (TPSA) is 308 Å². The van der Waals surface area contributed by atoms with Gasteiger partial charge < -0.3 is 58.1 Å². The van der Waals surface area contributed by atoms with Gasteiger partial charge in [0, 0.05) is 20.0 Å². The van der Waals surface area contributed by atoms with Crippen molar-refractivity contribution in [3.8, 4) is 5.75 Å². The summed E-state index contributed by atoms with van der Waals surface area (Å²) in [6, 6.07) is 0.187. The lowest BCUT2D eigenvalue weighted by molar-refractivity contribution is -0.141. The number of carboxylic acid groups (broad SMARTS) is 1. The van der Waals surface area contributed by atoms with Gasteiger partial charge in [0.25, 0.3) is 0 Å². The molecule has 0 unspecified atom stereocenters. The molecule has 1 fully saturated rings. The van der Waals surface area contributed by atoms with Crippen LogP contribution in [-0.4, -0.2) is 132 Å². The van der Waals surface area contributed by atoms with E-state index < -0.39 is 109 Å². The van der Waals surface area contributed by atoms with Gasteiger partial charge in [-0.2, -0.15) is 0 Å². The third kappa shape index (κ3) is 14.3. The van der Waals surface area contributed by atoms with Crippen LogP contribution in [0.4, 0.5) is 0 Å². The lowest BCUT2D eigenvalue weighted by atomic mass is 9.99. The fraction of sp³-hybridized carbons (Fsp3) is 0.559. The Labute approximate surface area is 312 Å². The van der Waals surface area contributed by atoms with Crippen LogP contribution in [0.5, 0.6) is 5.75 Å². The summed E-state index contributed by atoms with van der Waals surface area (Å²) >= 11 is 0. The molecule has 20 heteroatoms. The number of benzene rings is 1. The number of phenols is 1. The molecule has 1 aliphatic rings. The molecule has 0 saturated carbocycles. The van der Waals surface area contributed by atoms with Crippen molar-refractivity contribution in [2.75, 3.05) is 33.2 Å². The van der Waals surface area contributed by atoms with Crippen molar-refractivity contribution in [1.29, 1.82) is 0 Å². The zero-order valence-electron chi connectivity index (χ0n) is 30.7. The molecule has 0 aliphatic carbocycles. The number of amides is 8. The van der Waals surface area contributed by atoms with E-state index in [-0.39, 0.29) is 24.6 Å². The highest BCUT2D eigenvalue weighted by Crippen LogP contribution is 2.19. The number of carboxylic acids is 1. The standard InChI is InChI=1S/C34H51N9O11/c1-5-18(2)29(35)32(51)40-19(3)33(52)43-12-6-7-24(43)31(50)39-15-26(46)37-16-27(47)41-22(14-25(45)36-4)30(49)38-17-28(48)42-23(34(53)54)13-20-8-10-21(44)11-9-20/h8-11,18-19,22-24,29,44H,5-7,12-17,35H2,1-4H3,(H,36,45)(H,37,46)(H,38,49)(H,39,50)(H,40,51)(H,41,47)(H,42,48)(H,53,54)/t18-,19-,22-,23-,24-,29-/m0/s1. The molecule has 8 amide bonds. The first-order valence-corrected chi connectivity index (χ1v) is 17.5. The Morgan fingerprint density at radius 2 is 1.41 bits per heavy atom. The Morgan fingerprint density at radius 3 is 2.00 bits per heavy atom. The molecule has 1 saturated heterocycles. The van der Waals surface area contributed by atoms with Crippen LogP contribution >= 0.6 is 0 Å². The SMILES string of the molecule is CC[C@H](C)[C@H](N)C(=O)N[C@@H](C)C(=O)N1CCC[C@H]1C(=O)NCC(=O)NCC(=O)N[C@@H](CC(=O)NC)C(=O)NCC(=O)N[C@@H](Cc1ccc(O)cc1)C(=O)O. The van der Waals surface area contributed by atoms with Crippen molar-refractivity contribution in [3.05, 3.63) is 29.8 Å². The van der Waals surface area contributed by atoms with E-state index in [1.165, 1.54) is 43.1 Å². The van der Waals surface area contributed by atoms with Gasteiger partial charge >= 0.3 is 5.97 Å². The highest BCUT2D eigenvalue weighted by Gasteiger charge is 2.37. The fourth-order valence-corrected chi connectivity index (χ4v) is 5.31. The monoisotopic (exact) mass is 761 g/mol. The minimum atomic E-state index is -1.49. The molecule has 0 spiro atoms. The molecule has 1 heterocycles. The molecular weight excluding hydrogens is 710 g/mol. The maximum Gasteiger partial charge on any atom is 0.326 e. The Hall–Kier alpha value is -5.79. The number of hydrogen-bond acceptors (Lipinski definition) is 11. The van der Waals surface area contributed by atoms with Gasteiger partial charge in [-0.25, -0.2) is 4.79 Å². The van der Waals surface area contributed by atoms with Gasteiger partial charge in [-0.15, -0.1) is 0 Å². The van der Waals surface area contributed by atoms with Gasteiger partial charge in [-0.05, 0) is 43.4 Å². The van der Waals surface area contributed by atoms with Crippen molar-refractivity contribution in [2.45, 2.75) is 83.1 Å². The van der Waals surface area contributed by atoms with E-state index in [0.29, 0.717) is 24.8 Å². The quantitative estimate of drug-likeness (QED) is 0.0615. The van der Waals surface area contributed by atoms with Crippen LogP contribution in [0, 0.1) is 5.92 Å². The maximum absolute atomic E-state index is 13.1. The molecular formula is C34H51N9O11. The number of nitrogens with one attached hydrogen (secondary N) is 7. The molecule has 0 bridgehead atoms. The van der Waals surface area contributed by atoms with E-state index in [9.17, 15) is 53.4 Å². The lowest BCUT2D eigenvalue weighted by Crippen LogP contribution is -2.56. The van der Waals surface area contributed by atoms with Gasteiger partial charge in [0.05, 0.1) is 32.1 Å². The Bertz CT molecular complexity index is 1540. The molecule has 6 atom stereocenters. The molecule has 1 aromatic rings. The average molecular weight is 762 g/mol. The highest BCUT2D eigenvalue weighted by molar-refractivity contribution is 5.96. The van der Waals surface area contributed by atoms with Gasteiger partial charge in [0.2, 0.25) is 47.3 Å². The van der Waals surface area contributed by atoms with Crippen LogP contribution in [0.3, 0.4) is 0 Å². The van der Waals surface area contributed by atoms with Gasteiger partial charge in [0.1, 0.15) is 29.9 Å². The highest BCUT2D eigenvalue weighted by atomic mass is 16.4. The van der Waals surface area contributed by atoms with Crippen LogP contribution in [0.25, 0.3) is 0 Å². The first-order chi connectivity index (χ1) is 25.5. The number of phenolic OH excluding ortho intramolecular Hbond substituents is 1. The van der Waals surface area contributed by atoms with E-state index in [1.54, 1.807) is 0 Å². The molecule has 1 aromatic carbocycles. The van der Waals surface area contributed by atoms with E-state index in [2.05, 4.69) is 37.2 Å². The molecule has 54 heavy (non-hydrogen) atoms. The smallest absolute Gasteiger partial charge is 0.326 e. The summed E-state index contributed by atoms with van der Waals surface area (Å²) in [6.07, 6.45) is 0.855. The van der Waals surface area contributed by atoms with Crippen molar-refractivity contribution in [3.63, 3.8) is 0 Å². The normalized spacial score (nSPS) is 16.3. The van der Waals surface area contributed by atoms with Crippen LogP contribution in [0.15, 0.2) is 24.3 Å². The zero-order chi connectivity index (χ0) is 40.5. The van der Waals surface area contributed by atoms with Crippen molar-refractivity contribution in [2.24, 2.45) is 11.7 Å². The summed E-state index contributed by atoms with van der Waals surface area (Å²) in [5.41, 5.74) is 6.47. The predicted octanol–water partition coefficient (Wildman–Crippen LogP) is -3.66. The zero-order valence-corrected chi connectivity index (χ0v) is 30.7. The van der Waals surface area contributed by atoms with E-state index in [4.69, 9.17) is 5.73 Å². The Balaban J connectivity index is 1.86.